The van der Waals surface area contributed by atoms with Crippen molar-refractivity contribution in [2.24, 2.45) is 5.92 Å². The number of ether oxygens (including phenoxy) is 1. The van der Waals surface area contributed by atoms with E-state index in [9.17, 15) is 4.79 Å². The Morgan fingerprint density at radius 2 is 1.93 bits per heavy atom. The molecular weight excluding hydrogens is 358 g/mol. The van der Waals surface area contributed by atoms with Crippen LogP contribution in [0.4, 0.5) is 0 Å². The zero-order valence-corrected chi connectivity index (χ0v) is 16.5. The quantitative estimate of drug-likeness (QED) is 0.857. The van der Waals surface area contributed by atoms with Crippen molar-refractivity contribution in [3.63, 3.8) is 0 Å². The van der Waals surface area contributed by atoms with Gasteiger partial charge in [-0.15, -0.1) is 0 Å². The topological polar surface area (TPSA) is 54.5 Å². The lowest BCUT2D eigenvalue weighted by atomic mass is 9.79. The molecule has 2 aromatic rings. The first-order chi connectivity index (χ1) is 13.1. The summed E-state index contributed by atoms with van der Waals surface area (Å²) in [5, 5.41) is 3.29. The minimum atomic E-state index is 0.0303. The van der Waals surface area contributed by atoms with Crippen molar-refractivity contribution in [3.05, 3.63) is 48.2 Å². The average molecular weight is 384 g/mol. The van der Waals surface area contributed by atoms with Gasteiger partial charge in [-0.2, -0.15) is 0 Å². The van der Waals surface area contributed by atoms with Crippen molar-refractivity contribution in [1.82, 2.24) is 15.2 Å². The summed E-state index contributed by atoms with van der Waals surface area (Å²) in [6, 6.07) is 12.3. The SMILES string of the molecule is COc1cc(Sc2ccc(C(=O)N[C@@H]3C4CCN(CC4)[C@H]3C)cc2)ccn1. The molecule has 1 aromatic heterocycles. The maximum atomic E-state index is 12.7. The van der Waals surface area contributed by atoms with E-state index in [1.54, 1.807) is 25.1 Å². The third-order valence-corrected chi connectivity index (χ3v) is 6.74. The highest BCUT2D eigenvalue weighted by Gasteiger charge is 2.40. The first-order valence-electron chi connectivity index (χ1n) is 9.47. The highest BCUT2D eigenvalue weighted by Crippen LogP contribution is 2.32. The molecule has 0 radical (unpaired) electrons. The average Bonchev–Trinajstić information content (AvgIpc) is 2.71. The van der Waals surface area contributed by atoms with Gasteiger partial charge in [0, 0.05) is 39.7 Å². The maximum absolute atomic E-state index is 12.7. The van der Waals surface area contributed by atoms with Crippen molar-refractivity contribution in [1.29, 1.82) is 0 Å². The molecule has 1 amide bonds. The molecule has 6 heteroatoms. The molecule has 4 heterocycles. The van der Waals surface area contributed by atoms with Gasteiger partial charge in [-0.05, 0) is 69.1 Å². The Kier molecular flexibility index (Phi) is 5.36. The summed E-state index contributed by atoms with van der Waals surface area (Å²) in [5.74, 6) is 1.25. The number of nitrogens with zero attached hydrogens (tertiary/aromatic N) is 2. The van der Waals surface area contributed by atoms with Crippen LogP contribution in [0.3, 0.4) is 0 Å². The first-order valence-corrected chi connectivity index (χ1v) is 10.3. The van der Waals surface area contributed by atoms with Crippen molar-refractivity contribution in [3.8, 4) is 5.88 Å². The maximum Gasteiger partial charge on any atom is 0.251 e. The van der Waals surface area contributed by atoms with Crippen molar-refractivity contribution < 1.29 is 9.53 Å². The number of rotatable bonds is 5. The first kappa shape index (κ1) is 18.3. The molecule has 2 atom stereocenters. The van der Waals surface area contributed by atoms with E-state index in [1.165, 1.54) is 25.9 Å². The van der Waals surface area contributed by atoms with Crippen molar-refractivity contribution in [2.45, 2.75) is 41.6 Å². The fourth-order valence-corrected chi connectivity index (χ4v) is 4.99. The van der Waals surface area contributed by atoms with E-state index in [2.05, 4.69) is 22.1 Å². The van der Waals surface area contributed by atoms with Gasteiger partial charge >= 0.3 is 0 Å². The molecule has 0 unspecified atom stereocenters. The van der Waals surface area contributed by atoms with Gasteiger partial charge in [-0.25, -0.2) is 4.98 Å². The van der Waals surface area contributed by atoms with Crippen LogP contribution in [0.15, 0.2) is 52.4 Å². The smallest absolute Gasteiger partial charge is 0.251 e. The van der Waals surface area contributed by atoms with Crippen LogP contribution in [0, 0.1) is 5.92 Å². The highest BCUT2D eigenvalue weighted by atomic mass is 32.2. The highest BCUT2D eigenvalue weighted by molar-refractivity contribution is 7.99. The van der Waals surface area contributed by atoms with Crippen molar-refractivity contribution in [2.75, 3.05) is 20.2 Å². The Morgan fingerprint density at radius 3 is 2.59 bits per heavy atom. The van der Waals surface area contributed by atoms with Gasteiger partial charge in [0.05, 0.1) is 7.11 Å². The zero-order valence-electron chi connectivity index (χ0n) is 15.7. The van der Waals surface area contributed by atoms with Gasteiger partial charge in [0.2, 0.25) is 5.88 Å². The monoisotopic (exact) mass is 383 g/mol. The van der Waals surface area contributed by atoms with Gasteiger partial charge in [0.25, 0.3) is 5.91 Å². The molecular formula is C21H25N3O2S. The van der Waals surface area contributed by atoms with E-state index >= 15 is 0 Å². The number of fused-ring (bicyclic) bond motifs is 3. The molecule has 1 aromatic carbocycles. The number of methoxy groups -OCH3 is 1. The van der Waals surface area contributed by atoms with Gasteiger partial charge < -0.3 is 10.1 Å². The number of nitrogens with one attached hydrogen (secondary N) is 1. The van der Waals surface area contributed by atoms with E-state index in [0.29, 0.717) is 17.8 Å². The summed E-state index contributed by atoms with van der Waals surface area (Å²) in [4.78, 5) is 21.5. The van der Waals surface area contributed by atoms with Crippen LogP contribution in [0.25, 0.3) is 0 Å². The number of carbonyl (C=O) groups is 1. The molecule has 0 aliphatic carbocycles. The lowest BCUT2D eigenvalue weighted by Gasteiger charge is -2.49. The number of pyridine rings is 1. The minimum Gasteiger partial charge on any atom is -0.481 e. The fourth-order valence-electron chi connectivity index (χ4n) is 4.16. The van der Waals surface area contributed by atoms with Crippen LogP contribution in [-0.4, -0.2) is 48.1 Å². The number of hydrogen-bond acceptors (Lipinski definition) is 5. The second-order valence-corrected chi connectivity index (χ2v) is 8.42. The molecule has 0 saturated carbocycles. The molecule has 3 aliphatic heterocycles. The molecule has 2 bridgehead atoms. The Morgan fingerprint density at radius 1 is 1.19 bits per heavy atom. The van der Waals surface area contributed by atoms with E-state index in [-0.39, 0.29) is 11.9 Å². The zero-order chi connectivity index (χ0) is 18.8. The molecule has 5 nitrogen and oxygen atoms in total. The molecule has 3 saturated heterocycles. The lowest BCUT2D eigenvalue weighted by molar-refractivity contribution is 0.0217. The number of amides is 1. The van der Waals surface area contributed by atoms with Gasteiger partial charge in [-0.1, -0.05) is 11.8 Å². The van der Waals surface area contributed by atoms with Crippen LogP contribution in [0.2, 0.25) is 0 Å². The largest absolute Gasteiger partial charge is 0.481 e. The van der Waals surface area contributed by atoms with Gasteiger partial charge in [-0.3, -0.25) is 9.69 Å². The molecule has 1 N–H and O–H groups in total. The van der Waals surface area contributed by atoms with Gasteiger partial charge in [0.15, 0.2) is 0 Å². The summed E-state index contributed by atoms with van der Waals surface area (Å²) < 4.78 is 5.16. The molecule has 3 aliphatic rings. The summed E-state index contributed by atoms with van der Waals surface area (Å²) in [6.45, 7) is 4.58. The Balaban J connectivity index is 1.40. The third-order valence-electron chi connectivity index (χ3n) is 5.74. The molecule has 3 fully saturated rings. The fraction of sp³-hybridized carbons (Fsp3) is 0.429. The van der Waals surface area contributed by atoms with Gasteiger partial charge in [0.1, 0.15) is 0 Å². The summed E-state index contributed by atoms with van der Waals surface area (Å²) >= 11 is 1.63. The van der Waals surface area contributed by atoms with E-state index in [0.717, 1.165) is 15.4 Å². The third kappa shape index (κ3) is 3.96. The summed E-state index contributed by atoms with van der Waals surface area (Å²) in [7, 11) is 1.61. The van der Waals surface area contributed by atoms with E-state index in [4.69, 9.17) is 4.74 Å². The Bertz CT molecular complexity index is 801. The second-order valence-electron chi connectivity index (χ2n) is 7.27. The van der Waals surface area contributed by atoms with Crippen LogP contribution in [0.5, 0.6) is 5.88 Å². The normalized spacial score (nSPS) is 26.6. The number of benzene rings is 1. The summed E-state index contributed by atoms with van der Waals surface area (Å²) in [6.07, 6.45) is 4.12. The molecule has 142 valence electrons. The Hall–Kier alpha value is -2.05. The van der Waals surface area contributed by atoms with Crippen LogP contribution < -0.4 is 10.1 Å². The predicted molar refractivity (Wildman–Crippen MR) is 106 cm³/mol. The summed E-state index contributed by atoms with van der Waals surface area (Å²) in [5.41, 5.74) is 0.718. The number of aromatic nitrogens is 1. The molecule has 0 spiro atoms. The van der Waals surface area contributed by atoms with Crippen LogP contribution in [0.1, 0.15) is 30.1 Å². The number of carbonyl (C=O) groups excluding carboxylic acids is 1. The van der Waals surface area contributed by atoms with Crippen molar-refractivity contribution >= 4 is 17.7 Å². The predicted octanol–water partition coefficient (Wildman–Crippen LogP) is 3.45. The molecule has 5 rings (SSSR count). The van der Waals surface area contributed by atoms with E-state index in [1.807, 2.05) is 36.4 Å². The second kappa shape index (κ2) is 7.90. The number of hydrogen-bond donors (Lipinski definition) is 1. The number of piperidine rings is 3. The van der Waals surface area contributed by atoms with Crippen LogP contribution >= 0.6 is 11.8 Å². The standard InChI is InChI=1S/C21H25N3O2S/c1-14-20(15-8-11-24(14)12-9-15)23-21(25)16-3-5-17(6-4-16)27-18-7-10-22-19(13-18)26-2/h3-7,10,13-15,20H,8-9,11-12H2,1-2H3,(H,23,25)/t14-,20-/m0/s1. The van der Waals surface area contributed by atoms with E-state index < -0.39 is 0 Å². The lowest BCUT2D eigenvalue weighted by Crippen LogP contribution is -2.62. The van der Waals surface area contributed by atoms with Crippen LogP contribution in [-0.2, 0) is 0 Å². The minimum absolute atomic E-state index is 0.0303. The molecule has 27 heavy (non-hydrogen) atoms. The Labute approximate surface area is 164 Å².